The van der Waals surface area contributed by atoms with E-state index >= 15 is 0 Å². The van der Waals surface area contributed by atoms with E-state index in [0.29, 0.717) is 22.8 Å². The lowest BCUT2D eigenvalue weighted by Crippen LogP contribution is -1.93. The number of hydrogen-bond donors (Lipinski definition) is 1. The molecule has 2 aromatic carbocycles. The Morgan fingerprint density at radius 3 is 2.71 bits per heavy atom. The molecule has 2 N–H and O–H groups in total. The molecule has 1 aromatic heterocycles. The van der Waals surface area contributed by atoms with Gasteiger partial charge < -0.3 is 15.0 Å². The minimum atomic E-state index is -0.415. The first-order chi connectivity index (χ1) is 10.2. The Morgan fingerprint density at radius 1 is 1.19 bits per heavy atom. The van der Waals surface area contributed by atoms with Crippen molar-refractivity contribution in [1.29, 1.82) is 0 Å². The van der Waals surface area contributed by atoms with E-state index in [9.17, 15) is 4.39 Å². The van der Waals surface area contributed by atoms with Gasteiger partial charge in [-0.05, 0) is 30.3 Å². The molecule has 0 saturated carbocycles. The first-order valence-electron chi connectivity index (χ1n) is 6.21. The summed E-state index contributed by atoms with van der Waals surface area (Å²) < 4.78 is 23.9. The van der Waals surface area contributed by atoms with E-state index in [0.717, 1.165) is 0 Å². The number of ether oxygens (including phenoxy) is 1. The molecule has 5 nitrogen and oxygen atoms in total. The van der Waals surface area contributed by atoms with Gasteiger partial charge in [0, 0.05) is 5.56 Å². The van der Waals surface area contributed by atoms with Gasteiger partial charge in [0.1, 0.15) is 11.6 Å². The molecule has 0 aliphatic rings. The van der Waals surface area contributed by atoms with Gasteiger partial charge in [0.15, 0.2) is 0 Å². The quantitative estimate of drug-likeness (QED) is 0.748. The molecule has 0 saturated heterocycles. The molecule has 21 heavy (non-hydrogen) atoms. The zero-order valence-electron chi connectivity index (χ0n) is 11.2. The first kappa shape index (κ1) is 13.1. The molecule has 0 spiro atoms. The van der Waals surface area contributed by atoms with Gasteiger partial charge in [0.25, 0.3) is 5.89 Å². The fourth-order valence-corrected chi connectivity index (χ4v) is 1.96. The van der Waals surface area contributed by atoms with Crippen LogP contribution in [0, 0.1) is 5.82 Å². The van der Waals surface area contributed by atoms with Crippen LogP contribution in [0.15, 0.2) is 47.0 Å². The number of nitrogens with zero attached hydrogens (tertiary/aromatic N) is 2. The number of rotatable bonds is 3. The number of halogens is 1. The first-order valence-corrected chi connectivity index (χ1v) is 6.21. The van der Waals surface area contributed by atoms with Gasteiger partial charge >= 0.3 is 0 Å². The number of methoxy groups -OCH3 is 1. The molecule has 0 bridgehead atoms. The predicted molar refractivity (Wildman–Crippen MR) is 76.1 cm³/mol. The van der Waals surface area contributed by atoms with Crippen molar-refractivity contribution in [2.75, 3.05) is 12.8 Å². The fraction of sp³-hybridized carbons (Fsp3) is 0.0667. The number of anilines is 1. The second kappa shape index (κ2) is 5.24. The van der Waals surface area contributed by atoms with Crippen molar-refractivity contribution in [3.8, 4) is 28.6 Å². The third kappa shape index (κ3) is 2.43. The summed E-state index contributed by atoms with van der Waals surface area (Å²) in [7, 11) is 1.54. The number of hydrogen-bond acceptors (Lipinski definition) is 5. The summed E-state index contributed by atoms with van der Waals surface area (Å²) in [5, 5.41) is 3.85. The molecule has 0 fully saturated rings. The van der Waals surface area contributed by atoms with E-state index in [1.54, 1.807) is 36.4 Å². The predicted octanol–water partition coefficient (Wildman–Crippen LogP) is 3.13. The maximum atomic E-state index is 13.7. The Bertz CT molecular complexity index is 786. The Hall–Kier alpha value is -2.89. The van der Waals surface area contributed by atoms with Crippen LogP contribution in [0.5, 0.6) is 5.75 Å². The zero-order chi connectivity index (χ0) is 14.8. The summed E-state index contributed by atoms with van der Waals surface area (Å²) in [5.41, 5.74) is 7.23. The number of benzene rings is 2. The fourth-order valence-electron chi connectivity index (χ4n) is 1.96. The average molecular weight is 285 g/mol. The van der Waals surface area contributed by atoms with Gasteiger partial charge in [-0.25, -0.2) is 4.39 Å². The highest BCUT2D eigenvalue weighted by Gasteiger charge is 2.14. The Balaban J connectivity index is 1.99. The van der Waals surface area contributed by atoms with Crippen LogP contribution in [0.4, 0.5) is 10.1 Å². The van der Waals surface area contributed by atoms with Crippen molar-refractivity contribution < 1.29 is 13.7 Å². The number of nitrogen functional groups attached to an aromatic ring is 1. The summed E-state index contributed by atoms with van der Waals surface area (Å²) in [6.45, 7) is 0. The van der Waals surface area contributed by atoms with Crippen molar-refractivity contribution in [3.63, 3.8) is 0 Å². The number of aromatic nitrogens is 2. The maximum absolute atomic E-state index is 13.7. The molecule has 0 aliphatic heterocycles. The monoisotopic (exact) mass is 285 g/mol. The van der Waals surface area contributed by atoms with E-state index in [2.05, 4.69) is 10.1 Å². The SMILES string of the molecule is COc1ccc(-c2noc(-c3ccccc3F)n2)cc1N. The van der Waals surface area contributed by atoms with Crippen LogP contribution in [0.2, 0.25) is 0 Å². The topological polar surface area (TPSA) is 74.2 Å². The van der Waals surface area contributed by atoms with Crippen LogP contribution in [-0.4, -0.2) is 17.3 Å². The highest BCUT2D eigenvalue weighted by molar-refractivity contribution is 5.67. The van der Waals surface area contributed by atoms with Gasteiger partial charge in [0.05, 0.1) is 18.4 Å². The standard InChI is InChI=1S/C15H12FN3O2/c1-20-13-7-6-9(8-12(13)17)14-18-15(21-19-14)10-4-2-3-5-11(10)16/h2-8H,17H2,1H3. The van der Waals surface area contributed by atoms with Crippen molar-refractivity contribution in [2.24, 2.45) is 0 Å². The van der Waals surface area contributed by atoms with Crippen LogP contribution < -0.4 is 10.5 Å². The van der Waals surface area contributed by atoms with Crippen molar-refractivity contribution >= 4 is 5.69 Å². The largest absolute Gasteiger partial charge is 0.495 e. The minimum absolute atomic E-state index is 0.123. The highest BCUT2D eigenvalue weighted by Crippen LogP contribution is 2.28. The van der Waals surface area contributed by atoms with Crippen molar-refractivity contribution in [3.05, 3.63) is 48.3 Å². The van der Waals surface area contributed by atoms with Crippen LogP contribution in [0.25, 0.3) is 22.8 Å². The second-order valence-electron chi connectivity index (χ2n) is 4.36. The molecule has 3 rings (SSSR count). The van der Waals surface area contributed by atoms with Crippen molar-refractivity contribution in [1.82, 2.24) is 10.1 Å². The van der Waals surface area contributed by atoms with E-state index in [1.807, 2.05) is 0 Å². The lowest BCUT2D eigenvalue weighted by molar-refractivity contribution is 0.417. The molecular weight excluding hydrogens is 273 g/mol. The molecular formula is C15H12FN3O2. The summed E-state index contributed by atoms with van der Waals surface area (Å²) in [5.74, 6) is 0.610. The van der Waals surface area contributed by atoms with Crippen LogP contribution in [0.1, 0.15) is 0 Å². The number of nitrogens with two attached hydrogens (primary N) is 1. The van der Waals surface area contributed by atoms with E-state index in [-0.39, 0.29) is 11.5 Å². The highest BCUT2D eigenvalue weighted by atomic mass is 19.1. The van der Waals surface area contributed by atoms with Crippen LogP contribution in [-0.2, 0) is 0 Å². The van der Waals surface area contributed by atoms with Gasteiger partial charge in [-0.2, -0.15) is 4.98 Å². The lowest BCUT2D eigenvalue weighted by atomic mass is 10.1. The Morgan fingerprint density at radius 2 is 2.00 bits per heavy atom. The molecule has 0 unspecified atom stereocenters. The summed E-state index contributed by atoms with van der Waals surface area (Å²) >= 11 is 0. The average Bonchev–Trinajstić information content (AvgIpc) is 2.97. The molecule has 0 aliphatic carbocycles. The third-order valence-electron chi connectivity index (χ3n) is 3.02. The van der Waals surface area contributed by atoms with E-state index in [1.165, 1.54) is 13.2 Å². The normalized spacial score (nSPS) is 10.6. The molecule has 0 radical (unpaired) electrons. The molecule has 3 aromatic rings. The lowest BCUT2D eigenvalue weighted by Gasteiger charge is -2.04. The van der Waals surface area contributed by atoms with Gasteiger partial charge in [-0.15, -0.1) is 0 Å². The van der Waals surface area contributed by atoms with E-state index in [4.69, 9.17) is 15.0 Å². The molecule has 0 amide bonds. The Kier molecular flexibility index (Phi) is 3.27. The molecule has 0 atom stereocenters. The molecule has 1 heterocycles. The Labute approximate surface area is 120 Å². The molecule has 106 valence electrons. The van der Waals surface area contributed by atoms with Crippen LogP contribution >= 0.6 is 0 Å². The van der Waals surface area contributed by atoms with E-state index < -0.39 is 5.82 Å². The summed E-state index contributed by atoms with van der Waals surface area (Å²) in [4.78, 5) is 4.19. The maximum Gasteiger partial charge on any atom is 0.261 e. The van der Waals surface area contributed by atoms with Gasteiger partial charge in [0.2, 0.25) is 5.82 Å². The van der Waals surface area contributed by atoms with Crippen molar-refractivity contribution in [2.45, 2.75) is 0 Å². The minimum Gasteiger partial charge on any atom is -0.495 e. The third-order valence-corrected chi connectivity index (χ3v) is 3.02. The summed E-state index contributed by atoms with van der Waals surface area (Å²) in [6, 6.07) is 11.4. The van der Waals surface area contributed by atoms with Gasteiger partial charge in [-0.1, -0.05) is 17.3 Å². The molecule has 6 heteroatoms. The van der Waals surface area contributed by atoms with Crippen LogP contribution in [0.3, 0.4) is 0 Å². The second-order valence-corrected chi connectivity index (χ2v) is 4.36. The van der Waals surface area contributed by atoms with Gasteiger partial charge in [-0.3, -0.25) is 0 Å². The zero-order valence-corrected chi connectivity index (χ0v) is 11.2. The smallest absolute Gasteiger partial charge is 0.261 e. The summed E-state index contributed by atoms with van der Waals surface area (Å²) in [6.07, 6.45) is 0.